The number of carbonyl (C=O) groups is 2. The largest absolute Gasteiger partial charge is 0.458 e. The number of carbonyl (C=O) groups excluding carboxylic acids is 2. The lowest BCUT2D eigenvalue weighted by molar-refractivity contribution is -0.314. The minimum absolute atomic E-state index is 0.00137. The standard InChI is InChI=1S/C45H71NO11/c1-11-52-25(2)15-17-30-13-12-14-38(57-40-20-19-37(46(6)7)27(4)53-40)26(3)41(48)36-23-34-32(35(36)24-39(47)55-30)18-16-29-21-31(22-33(29)34)56-45-44(51-10)43(50-9)42(49-8)28(5)54-45/h15-18,23,25-35,37-38,40,42-45H,11-14,19-22,24H2,1-10H3/b17-15+/t25?,26-,27-,28+,29?,30-,31?,32?,33?,34?,35?,37+,38+,40?,42+,43-,44-,45+/m1/s1. The van der Waals surface area contributed by atoms with Gasteiger partial charge in [0.15, 0.2) is 18.4 Å². The highest BCUT2D eigenvalue weighted by atomic mass is 16.7. The van der Waals surface area contributed by atoms with Gasteiger partial charge in [-0.1, -0.05) is 31.2 Å². The SMILES string of the molecule is CCOC(C)/C=C/[C@H]1CCC[C@H](OC2CC[C@H](N(C)C)[C@@H](C)O2)[C@@H](C)C(=O)C2=CC3C(C=CC4CC(O[C@@H]5O[C@@H](C)[C@H](OC)[C@@H](OC)[C@H]5OC)CC43)C2CC(=O)O1. The molecule has 4 fully saturated rings. The molecule has 0 bridgehead atoms. The van der Waals surface area contributed by atoms with Crippen LogP contribution in [-0.2, 0) is 52.2 Å². The fourth-order valence-electron chi connectivity index (χ4n) is 10.8. The third-order valence-corrected chi connectivity index (χ3v) is 13.8. The van der Waals surface area contributed by atoms with Gasteiger partial charge in [0, 0.05) is 45.8 Å². The summed E-state index contributed by atoms with van der Waals surface area (Å²) in [6, 6.07) is 0.317. The molecule has 18 atom stereocenters. The molecule has 8 unspecified atom stereocenters. The van der Waals surface area contributed by atoms with Crippen LogP contribution in [0, 0.1) is 35.5 Å². The molecule has 6 rings (SSSR count). The molecule has 3 aliphatic carbocycles. The van der Waals surface area contributed by atoms with Crippen LogP contribution < -0.4 is 0 Å². The normalized spacial score (nSPS) is 43.5. The first kappa shape index (κ1) is 44.5. The molecule has 1 saturated carbocycles. The minimum Gasteiger partial charge on any atom is -0.458 e. The molecule has 0 aromatic carbocycles. The third-order valence-electron chi connectivity index (χ3n) is 13.8. The number of esters is 1. The van der Waals surface area contributed by atoms with Crippen molar-refractivity contribution in [1.82, 2.24) is 4.90 Å². The van der Waals surface area contributed by atoms with Gasteiger partial charge in [-0.2, -0.15) is 0 Å². The summed E-state index contributed by atoms with van der Waals surface area (Å²) in [6.45, 7) is 10.6. The highest BCUT2D eigenvalue weighted by molar-refractivity contribution is 5.99. The van der Waals surface area contributed by atoms with Gasteiger partial charge in [-0.05, 0) is 122 Å². The number of allylic oxidation sites excluding steroid dienone is 4. The van der Waals surface area contributed by atoms with Crippen molar-refractivity contribution in [2.24, 2.45) is 35.5 Å². The Balaban J connectivity index is 1.23. The van der Waals surface area contributed by atoms with E-state index in [0.717, 1.165) is 37.7 Å². The molecule has 57 heavy (non-hydrogen) atoms. The molecule has 0 spiro atoms. The lowest BCUT2D eigenvalue weighted by Crippen LogP contribution is -2.59. The Labute approximate surface area is 341 Å². The van der Waals surface area contributed by atoms with E-state index < -0.39 is 24.4 Å². The molecule has 0 radical (unpaired) electrons. The first-order chi connectivity index (χ1) is 27.4. The number of hydrogen-bond donors (Lipinski definition) is 0. The molecule has 0 amide bonds. The second-order valence-electron chi connectivity index (χ2n) is 17.6. The summed E-state index contributed by atoms with van der Waals surface area (Å²) in [5, 5.41) is 0. The zero-order chi connectivity index (χ0) is 41.0. The molecule has 322 valence electrons. The van der Waals surface area contributed by atoms with E-state index in [1.54, 1.807) is 21.3 Å². The van der Waals surface area contributed by atoms with E-state index in [0.29, 0.717) is 25.5 Å². The number of Topliss-reactive ketones (excluding diaryl/α,β-unsaturated/α-hetero) is 1. The molecule has 0 aromatic heterocycles. The number of fused-ring (bicyclic) bond motifs is 5. The highest BCUT2D eigenvalue weighted by Crippen LogP contribution is 2.54. The van der Waals surface area contributed by atoms with Crippen molar-refractivity contribution in [2.45, 2.75) is 160 Å². The molecule has 0 aromatic rings. The maximum Gasteiger partial charge on any atom is 0.307 e. The van der Waals surface area contributed by atoms with Gasteiger partial charge in [0.1, 0.15) is 24.4 Å². The zero-order valence-corrected chi connectivity index (χ0v) is 36.1. The van der Waals surface area contributed by atoms with Gasteiger partial charge in [0.25, 0.3) is 0 Å². The smallest absolute Gasteiger partial charge is 0.307 e. The van der Waals surface area contributed by atoms with Crippen molar-refractivity contribution < 1.29 is 52.2 Å². The van der Waals surface area contributed by atoms with Crippen LogP contribution in [-0.4, -0.2) is 132 Å². The van der Waals surface area contributed by atoms with Crippen LogP contribution in [0.1, 0.15) is 86.0 Å². The Kier molecular flexibility index (Phi) is 15.7. The topological polar surface area (TPSA) is 120 Å². The first-order valence-electron chi connectivity index (χ1n) is 21.7. The zero-order valence-electron chi connectivity index (χ0n) is 36.1. The van der Waals surface area contributed by atoms with Crippen LogP contribution in [0.2, 0.25) is 0 Å². The van der Waals surface area contributed by atoms with Gasteiger partial charge in [-0.15, -0.1) is 0 Å². The van der Waals surface area contributed by atoms with Crippen molar-refractivity contribution in [3.63, 3.8) is 0 Å². The molecule has 0 N–H and O–H groups in total. The molecule has 3 heterocycles. The fourth-order valence-corrected chi connectivity index (χ4v) is 10.8. The van der Waals surface area contributed by atoms with Gasteiger partial charge in [0.05, 0.1) is 36.9 Å². The maximum absolute atomic E-state index is 14.8. The Hall–Kier alpha value is -2.00. The number of ketones is 1. The van der Waals surface area contributed by atoms with Gasteiger partial charge in [-0.25, -0.2) is 0 Å². The van der Waals surface area contributed by atoms with Crippen molar-refractivity contribution >= 4 is 11.8 Å². The number of likely N-dealkylation sites (N-methyl/N-ethyl adjacent to an activating group) is 1. The van der Waals surface area contributed by atoms with Crippen LogP contribution >= 0.6 is 0 Å². The van der Waals surface area contributed by atoms with Crippen LogP contribution in [0.4, 0.5) is 0 Å². The number of methoxy groups -OCH3 is 3. The van der Waals surface area contributed by atoms with Crippen molar-refractivity contribution in [3.05, 3.63) is 36.0 Å². The van der Waals surface area contributed by atoms with Gasteiger partial charge in [0.2, 0.25) is 0 Å². The van der Waals surface area contributed by atoms with E-state index in [9.17, 15) is 9.59 Å². The van der Waals surface area contributed by atoms with Gasteiger partial charge in [-0.3, -0.25) is 9.59 Å². The fraction of sp³-hybridized carbons (Fsp3) is 0.822. The molecule has 3 saturated heterocycles. The summed E-state index contributed by atoms with van der Waals surface area (Å²) >= 11 is 0. The number of hydrogen-bond acceptors (Lipinski definition) is 12. The number of nitrogens with zero attached hydrogens (tertiary/aromatic N) is 1. The third kappa shape index (κ3) is 10.1. The summed E-state index contributed by atoms with van der Waals surface area (Å²) in [5.41, 5.74) is 0.735. The molecule has 6 aliphatic rings. The average Bonchev–Trinajstić information content (AvgIpc) is 3.76. The minimum atomic E-state index is -0.610. The maximum atomic E-state index is 14.8. The monoisotopic (exact) mass is 802 g/mol. The van der Waals surface area contributed by atoms with Crippen LogP contribution in [0.15, 0.2) is 36.0 Å². The predicted molar refractivity (Wildman–Crippen MR) is 214 cm³/mol. The summed E-state index contributed by atoms with van der Waals surface area (Å²) < 4.78 is 55.6. The number of ether oxygens (including phenoxy) is 9. The summed E-state index contributed by atoms with van der Waals surface area (Å²) in [6.07, 6.45) is 13.0. The summed E-state index contributed by atoms with van der Waals surface area (Å²) in [5.74, 6) is -0.308. The predicted octanol–water partition coefficient (Wildman–Crippen LogP) is 6.06. The van der Waals surface area contributed by atoms with E-state index in [-0.39, 0.29) is 96.8 Å². The Morgan fingerprint density at radius 3 is 2.32 bits per heavy atom. The van der Waals surface area contributed by atoms with E-state index in [2.05, 4.69) is 44.1 Å². The van der Waals surface area contributed by atoms with E-state index in [4.69, 9.17) is 42.6 Å². The Morgan fingerprint density at radius 2 is 1.63 bits per heavy atom. The van der Waals surface area contributed by atoms with Gasteiger partial charge >= 0.3 is 5.97 Å². The van der Waals surface area contributed by atoms with Crippen molar-refractivity contribution in [2.75, 3.05) is 42.0 Å². The van der Waals surface area contributed by atoms with E-state index in [1.165, 1.54) is 0 Å². The lowest BCUT2D eigenvalue weighted by atomic mass is 9.70. The molecule has 12 heteroatoms. The summed E-state index contributed by atoms with van der Waals surface area (Å²) in [7, 11) is 9.14. The molecule has 12 nitrogen and oxygen atoms in total. The Bertz CT molecular complexity index is 1430. The van der Waals surface area contributed by atoms with Gasteiger partial charge < -0.3 is 47.5 Å². The second-order valence-corrected chi connectivity index (χ2v) is 17.6. The first-order valence-corrected chi connectivity index (χ1v) is 21.7. The average molecular weight is 802 g/mol. The second kappa shape index (κ2) is 20.0. The summed E-state index contributed by atoms with van der Waals surface area (Å²) in [4.78, 5) is 30.9. The van der Waals surface area contributed by atoms with Crippen molar-refractivity contribution in [1.29, 1.82) is 0 Å². The van der Waals surface area contributed by atoms with Crippen LogP contribution in [0.25, 0.3) is 0 Å². The lowest BCUT2D eigenvalue weighted by Gasteiger charge is -2.44. The molecular weight excluding hydrogens is 730 g/mol. The number of rotatable bonds is 12. The highest BCUT2D eigenvalue weighted by Gasteiger charge is 2.52. The van der Waals surface area contributed by atoms with E-state index in [1.807, 2.05) is 39.8 Å². The van der Waals surface area contributed by atoms with Crippen molar-refractivity contribution in [3.8, 4) is 0 Å². The quantitative estimate of drug-likeness (QED) is 0.169. The Morgan fingerprint density at radius 1 is 0.877 bits per heavy atom. The molecular formula is C45H71NO11. The molecule has 3 aliphatic heterocycles. The number of cyclic esters (lactones) is 1. The van der Waals surface area contributed by atoms with Crippen LogP contribution in [0.5, 0.6) is 0 Å². The van der Waals surface area contributed by atoms with E-state index >= 15 is 0 Å². The van der Waals surface area contributed by atoms with Crippen LogP contribution in [0.3, 0.4) is 0 Å².